The summed E-state index contributed by atoms with van der Waals surface area (Å²) in [7, 11) is 0. The minimum absolute atomic E-state index is 0.187. The molecule has 1 aromatic rings. The maximum Gasteiger partial charge on any atom is 0.307 e. The first kappa shape index (κ1) is 13.9. The number of carboxylic acid groups (broad SMARTS) is 1. The van der Waals surface area contributed by atoms with Gasteiger partial charge in [-0.25, -0.2) is 0 Å². The molecule has 1 unspecified atom stereocenters. The first-order valence-corrected chi connectivity index (χ1v) is 7.00. The van der Waals surface area contributed by atoms with Crippen molar-refractivity contribution >= 4 is 11.7 Å². The predicted molar refractivity (Wildman–Crippen MR) is 77.6 cm³/mol. The third kappa shape index (κ3) is 2.91. The highest BCUT2D eigenvalue weighted by molar-refractivity contribution is 5.71. The van der Waals surface area contributed by atoms with Crippen LogP contribution < -0.4 is 4.90 Å². The second-order valence-electron chi connectivity index (χ2n) is 6.11. The maximum atomic E-state index is 11.3. The van der Waals surface area contributed by atoms with Gasteiger partial charge < -0.3 is 10.0 Å². The number of carbonyl (C=O) groups is 1. The third-order valence-electron chi connectivity index (χ3n) is 4.24. The van der Waals surface area contributed by atoms with Gasteiger partial charge in [-0.3, -0.25) is 4.79 Å². The average molecular weight is 261 g/mol. The zero-order valence-corrected chi connectivity index (χ0v) is 12.0. The summed E-state index contributed by atoms with van der Waals surface area (Å²) in [6.45, 7) is 7.88. The second-order valence-corrected chi connectivity index (χ2v) is 6.11. The van der Waals surface area contributed by atoms with Gasteiger partial charge >= 0.3 is 5.97 Å². The lowest BCUT2D eigenvalue weighted by Gasteiger charge is -2.43. The van der Waals surface area contributed by atoms with E-state index in [1.165, 1.54) is 11.3 Å². The van der Waals surface area contributed by atoms with Crippen molar-refractivity contribution in [3.8, 4) is 0 Å². The van der Waals surface area contributed by atoms with Crippen molar-refractivity contribution in [3.05, 3.63) is 29.8 Å². The van der Waals surface area contributed by atoms with Crippen molar-refractivity contribution in [2.24, 2.45) is 11.3 Å². The zero-order chi connectivity index (χ0) is 14.0. The van der Waals surface area contributed by atoms with Gasteiger partial charge in [0.15, 0.2) is 0 Å². The van der Waals surface area contributed by atoms with Crippen LogP contribution in [0.3, 0.4) is 0 Å². The highest BCUT2D eigenvalue weighted by Crippen LogP contribution is 2.37. The predicted octanol–water partition coefficient (Wildman–Crippen LogP) is 3.19. The summed E-state index contributed by atoms with van der Waals surface area (Å²) in [4.78, 5) is 13.6. The largest absolute Gasteiger partial charge is 0.481 e. The Kier molecular flexibility index (Phi) is 3.83. The Morgan fingerprint density at radius 2 is 2.00 bits per heavy atom. The van der Waals surface area contributed by atoms with Crippen LogP contribution >= 0.6 is 0 Å². The molecule has 1 aromatic carbocycles. The van der Waals surface area contributed by atoms with Crippen LogP contribution in [0, 0.1) is 11.3 Å². The topological polar surface area (TPSA) is 40.5 Å². The Hall–Kier alpha value is -1.51. The molecule has 2 rings (SSSR count). The van der Waals surface area contributed by atoms with Crippen LogP contribution in [0.5, 0.6) is 0 Å². The molecule has 1 aliphatic rings. The van der Waals surface area contributed by atoms with Gasteiger partial charge in [0.25, 0.3) is 0 Å². The van der Waals surface area contributed by atoms with Crippen molar-refractivity contribution in [1.82, 2.24) is 0 Å². The van der Waals surface area contributed by atoms with E-state index in [4.69, 9.17) is 0 Å². The van der Waals surface area contributed by atoms with Crippen molar-refractivity contribution in [3.63, 3.8) is 0 Å². The molecule has 3 heteroatoms. The summed E-state index contributed by atoms with van der Waals surface area (Å²) >= 11 is 0. The Morgan fingerprint density at radius 3 is 2.47 bits per heavy atom. The Balaban J connectivity index is 2.13. The van der Waals surface area contributed by atoms with Crippen molar-refractivity contribution in [1.29, 1.82) is 0 Å². The average Bonchev–Trinajstić information content (AvgIpc) is 2.37. The summed E-state index contributed by atoms with van der Waals surface area (Å²) in [6, 6.07) is 8.61. The van der Waals surface area contributed by atoms with Gasteiger partial charge in [0.05, 0.1) is 5.92 Å². The minimum Gasteiger partial charge on any atom is -0.481 e. The number of aryl methyl sites for hydroxylation is 1. The standard InChI is InChI=1S/C16H23NO2/c1-4-12-5-7-13(8-6-12)17-10-9-14(15(18)19)16(2,3)11-17/h5-8,14H,4,9-11H2,1-3H3,(H,18,19). The minimum atomic E-state index is -0.661. The molecule has 0 saturated carbocycles. The molecule has 1 aliphatic heterocycles. The van der Waals surface area contributed by atoms with Crippen LogP contribution in [-0.2, 0) is 11.2 Å². The first-order valence-electron chi connectivity index (χ1n) is 7.00. The van der Waals surface area contributed by atoms with E-state index >= 15 is 0 Å². The number of piperidine rings is 1. The molecular formula is C16H23NO2. The Morgan fingerprint density at radius 1 is 1.37 bits per heavy atom. The van der Waals surface area contributed by atoms with Crippen LogP contribution in [0.2, 0.25) is 0 Å². The summed E-state index contributed by atoms with van der Waals surface area (Å²) < 4.78 is 0. The van der Waals surface area contributed by atoms with E-state index in [9.17, 15) is 9.90 Å². The van der Waals surface area contributed by atoms with Crippen molar-refractivity contribution in [2.45, 2.75) is 33.6 Å². The van der Waals surface area contributed by atoms with E-state index in [2.05, 4.69) is 49.9 Å². The normalized spacial score (nSPS) is 22.3. The quantitative estimate of drug-likeness (QED) is 0.908. The number of anilines is 1. The Bertz CT molecular complexity index is 450. The number of benzene rings is 1. The number of rotatable bonds is 3. The van der Waals surface area contributed by atoms with Gasteiger partial charge in [0.2, 0.25) is 0 Å². The first-order chi connectivity index (χ1) is 8.94. The molecule has 1 saturated heterocycles. The summed E-state index contributed by atoms with van der Waals surface area (Å²) in [5, 5.41) is 9.28. The number of hydrogen-bond donors (Lipinski definition) is 1. The van der Waals surface area contributed by atoms with E-state index in [0.717, 1.165) is 25.9 Å². The summed E-state index contributed by atoms with van der Waals surface area (Å²) in [5.41, 5.74) is 2.35. The van der Waals surface area contributed by atoms with Crippen LogP contribution in [0.15, 0.2) is 24.3 Å². The fourth-order valence-electron chi connectivity index (χ4n) is 2.98. The molecule has 0 spiro atoms. The van der Waals surface area contributed by atoms with Gasteiger partial charge in [-0.15, -0.1) is 0 Å². The zero-order valence-electron chi connectivity index (χ0n) is 12.0. The molecule has 0 radical (unpaired) electrons. The lowest BCUT2D eigenvalue weighted by molar-refractivity contribution is -0.146. The molecule has 104 valence electrons. The number of hydrogen-bond acceptors (Lipinski definition) is 2. The maximum absolute atomic E-state index is 11.3. The van der Waals surface area contributed by atoms with Crippen LogP contribution in [0.4, 0.5) is 5.69 Å². The summed E-state index contributed by atoms with van der Waals surface area (Å²) in [5.74, 6) is -0.898. The highest BCUT2D eigenvalue weighted by Gasteiger charge is 2.40. The molecule has 19 heavy (non-hydrogen) atoms. The number of aliphatic carboxylic acids is 1. The molecule has 1 N–H and O–H groups in total. The molecule has 0 amide bonds. The summed E-state index contributed by atoms with van der Waals surface area (Å²) in [6.07, 6.45) is 1.77. The van der Waals surface area contributed by atoms with E-state index in [0.29, 0.717) is 0 Å². The van der Waals surface area contributed by atoms with Crippen LogP contribution in [0.1, 0.15) is 32.8 Å². The monoisotopic (exact) mass is 261 g/mol. The highest BCUT2D eigenvalue weighted by atomic mass is 16.4. The SMILES string of the molecule is CCc1ccc(N2CCC(C(=O)O)C(C)(C)C2)cc1. The molecule has 3 nitrogen and oxygen atoms in total. The van der Waals surface area contributed by atoms with Crippen LogP contribution in [0.25, 0.3) is 0 Å². The van der Waals surface area contributed by atoms with E-state index < -0.39 is 5.97 Å². The van der Waals surface area contributed by atoms with Gasteiger partial charge in [-0.2, -0.15) is 0 Å². The molecule has 1 fully saturated rings. The van der Waals surface area contributed by atoms with Gasteiger partial charge in [-0.1, -0.05) is 32.9 Å². The van der Waals surface area contributed by atoms with Crippen molar-refractivity contribution < 1.29 is 9.90 Å². The third-order valence-corrected chi connectivity index (χ3v) is 4.24. The van der Waals surface area contributed by atoms with Gasteiger partial charge in [-0.05, 0) is 36.0 Å². The second kappa shape index (κ2) is 5.24. The van der Waals surface area contributed by atoms with E-state index in [-0.39, 0.29) is 11.3 Å². The fraction of sp³-hybridized carbons (Fsp3) is 0.562. The molecule has 0 aromatic heterocycles. The fourth-order valence-corrected chi connectivity index (χ4v) is 2.98. The smallest absolute Gasteiger partial charge is 0.307 e. The van der Waals surface area contributed by atoms with E-state index in [1.807, 2.05) is 0 Å². The van der Waals surface area contributed by atoms with Gasteiger partial charge in [0.1, 0.15) is 0 Å². The number of carboxylic acids is 1. The van der Waals surface area contributed by atoms with E-state index in [1.54, 1.807) is 0 Å². The molecule has 1 heterocycles. The lowest BCUT2D eigenvalue weighted by atomic mass is 9.74. The molecular weight excluding hydrogens is 238 g/mol. The molecule has 0 bridgehead atoms. The molecule has 1 atom stereocenters. The number of nitrogens with zero attached hydrogens (tertiary/aromatic N) is 1. The Labute approximate surface area is 115 Å². The lowest BCUT2D eigenvalue weighted by Crippen LogP contribution is -2.48. The van der Waals surface area contributed by atoms with Crippen molar-refractivity contribution in [2.75, 3.05) is 18.0 Å². The van der Waals surface area contributed by atoms with Gasteiger partial charge in [0, 0.05) is 18.8 Å². The van der Waals surface area contributed by atoms with Crippen LogP contribution in [-0.4, -0.2) is 24.2 Å². The molecule has 0 aliphatic carbocycles.